The second kappa shape index (κ2) is 5.43. The van der Waals surface area contributed by atoms with Crippen LogP contribution in [0.25, 0.3) is 0 Å². The van der Waals surface area contributed by atoms with E-state index in [1.165, 1.54) is 12.1 Å². The van der Waals surface area contributed by atoms with Crippen molar-refractivity contribution in [1.82, 2.24) is 4.72 Å². The Kier molecular flexibility index (Phi) is 4.20. The molecule has 0 aromatic heterocycles. The Morgan fingerprint density at radius 1 is 1.35 bits per heavy atom. The first-order chi connectivity index (χ1) is 7.93. The summed E-state index contributed by atoms with van der Waals surface area (Å²) in [7, 11) is -3.58. The number of primary amides is 1. The first-order valence-corrected chi connectivity index (χ1v) is 6.33. The zero-order valence-electron chi connectivity index (χ0n) is 8.88. The SMILES string of the molecule is N#Cc1ccc(CS(=O)(=O)NCC(N)=O)cc1. The van der Waals surface area contributed by atoms with E-state index in [1.54, 1.807) is 12.1 Å². The molecular weight excluding hydrogens is 242 g/mol. The number of benzene rings is 1. The molecule has 0 aliphatic heterocycles. The molecule has 0 unspecified atom stereocenters. The summed E-state index contributed by atoms with van der Waals surface area (Å²) in [5, 5.41) is 8.57. The lowest BCUT2D eigenvalue weighted by molar-refractivity contribution is -0.116. The van der Waals surface area contributed by atoms with Crippen LogP contribution in [0.15, 0.2) is 24.3 Å². The normalized spacial score (nSPS) is 10.8. The van der Waals surface area contributed by atoms with Gasteiger partial charge in [-0.2, -0.15) is 5.26 Å². The Morgan fingerprint density at radius 2 is 1.94 bits per heavy atom. The van der Waals surface area contributed by atoms with Gasteiger partial charge in [-0.05, 0) is 17.7 Å². The number of nitrogens with zero attached hydrogens (tertiary/aromatic N) is 1. The molecule has 17 heavy (non-hydrogen) atoms. The molecule has 0 bridgehead atoms. The summed E-state index contributed by atoms with van der Waals surface area (Å²) >= 11 is 0. The standard InChI is InChI=1S/C10H11N3O3S/c11-5-8-1-3-9(4-2-8)7-17(15,16)13-6-10(12)14/h1-4,13H,6-7H2,(H2,12,14). The van der Waals surface area contributed by atoms with E-state index in [0.29, 0.717) is 11.1 Å². The molecule has 7 heteroatoms. The van der Waals surface area contributed by atoms with Crippen LogP contribution in [0.1, 0.15) is 11.1 Å². The summed E-state index contributed by atoms with van der Waals surface area (Å²) in [5.74, 6) is -1.00. The fourth-order valence-corrected chi connectivity index (χ4v) is 2.22. The van der Waals surface area contributed by atoms with E-state index in [-0.39, 0.29) is 5.75 Å². The predicted octanol–water partition coefficient (Wildman–Crippen LogP) is -0.537. The quantitative estimate of drug-likeness (QED) is 0.733. The molecule has 1 rings (SSSR count). The van der Waals surface area contributed by atoms with Crippen LogP contribution in [0.3, 0.4) is 0 Å². The maximum absolute atomic E-state index is 11.5. The third-order valence-electron chi connectivity index (χ3n) is 1.91. The predicted molar refractivity (Wildman–Crippen MR) is 61.0 cm³/mol. The zero-order valence-corrected chi connectivity index (χ0v) is 9.70. The van der Waals surface area contributed by atoms with Gasteiger partial charge in [-0.15, -0.1) is 0 Å². The fraction of sp³-hybridized carbons (Fsp3) is 0.200. The molecule has 0 radical (unpaired) electrons. The number of nitriles is 1. The number of rotatable bonds is 5. The van der Waals surface area contributed by atoms with Crippen molar-refractivity contribution in [2.24, 2.45) is 5.73 Å². The summed E-state index contributed by atoms with van der Waals surface area (Å²) < 4.78 is 25.0. The molecule has 1 aromatic carbocycles. The number of nitrogens with one attached hydrogen (secondary N) is 1. The van der Waals surface area contributed by atoms with Gasteiger partial charge in [0.15, 0.2) is 0 Å². The van der Waals surface area contributed by atoms with E-state index in [2.05, 4.69) is 4.72 Å². The van der Waals surface area contributed by atoms with Gasteiger partial charge in [0.1, 0.15) is 0 Å². The van der Waals surface area contributed by atoms with E-state index >= 15 is 0 Å². The van der Waals surface area contributed by atoms with Crippen LogP contribution < -0.4 is 10.5 Å². The van der Waals surface area contributed by atoms with Crippen LogP contribution >= 0.6 is 0 Å². The molecule has 0 fully saturated rings. The maximum Gasteiger partial charge on any atom is 0.232 e. The van der Waals surface area contributed by atoms with Crippen molar-refractivity contribution in [2.45, 2.75) is 5.75 Å². The summed E-state index contributed by atoms with van der Waals surface area (Å²) in [6, 6.07) is 8.07. The number of carbonyl (C=O) groups is 1. The number of hydrogen-bond donors (Lipinski definition) is 2. The molecule has 0 saturated carbocycles. The van der Waals surface area contributed by atoms with Gasteiger partial charge in [0.25, 0.3) is 0 Å². The molecule has 0 saturated heterocycles. The summed E-state index contributed by atoms with van der Waals surface area (Å²) in [6.07, 6.45) is 0. The van der Waals surface area contributed by atoms with Gasteiger partial charge in [-0.1, -0.05) is 12.1 Å². The number of nitrogens with two attached hydrogens (primary N) is 1. The minimum atomic E-state index is -3.58. The Morgan fingerprint density at radius 3 is 2.41 bits per heavy atom. The van der Waals surface area contributed by atoms with Crippen LogP contribution in [0.4, 0.5) is 0 Å². The summed E-state index contributed by atoms with van der Waals surface area (Å²) in [5.41, 5.74) is 5.81. The minimum absolute atomic E-state index is 0.258. The highest BCUT2D eigenvalue weighted by atomic mass is 32.2. The van der Waals surface area contributed by atoms with Gasteiger partial charge in [0, 0.05) is 0 Å². The maximum atomic E-state index is 11.5. The van der Waals surface area contributed by atoms with Crippen molar-refractivity contribution in [3.05, 3.63) is 35.4 Å². The van der Waals surface area contributed by atoms with Crippen molar-refractivity contribution in [3.63, 3.8) is 0 Å². The molecule has 3 N–H and O–H groups in total. The second-order valence-electron chi connectivity index (χ2n) is 3.36. The Labute approximate surface area is 99.1 Å². The van der Waals surface area contributed by atoms with E-state index in [4.69, 9.17) is 11.0 Å². The highest BCUT2D eigenvalue weighted by Gasteiger charge is 2.12. The lowest BCUT2D eigenvalue weighted by atomic mass is 10.2. The number of amides is 1. The van der Waals surface area contributed by atoms with Gasteiger partial charge in [-0.25, -0.2) is 13.1 Å². The molecule has 6 nitrogen and oxygen atoms in total. The number of hydrogen-bond acceptors (Lipinski definition) is 4. The molecule has 0 heterocycles. The second-order valence-corrected chi connectivity index (χ2v) is 5.16. The van der Waals surface area contributed by atoms with Gasteiger partial charge in [0.05, 0.1) is 23.9 Å². The highest BCUT2D eigenvalue weighted by molar-refractivity contribution is 7.88. The minimum Gasteiger partial charge on any atom is -0.369 e. The van der Waals surface area contributed by atoms with Gasteiger partial charge >= 0.3 is 0 Å². The molecule has 0 spiro atoms. The molecule has 0 aliphatic rings. The lowest BCUT2D eigenvalue weighted by Crippen LogP contribution is -2.34. The van der Waals surface area contributed by atoms with E-state index in [0.717, 1.165) is 0 Å². The molecule has 0 aliphatic carbocycles. The third-order valence-corrected chi connectivity index (χ3v) is 3.20. The van der Waals surface area contributed by atoms with E-state index in [9.17, 15) is 13.2 Å². The molecule has 1 amide bonds. The van der Waals surface area contributed by atoms with E-state index in [1.807, 2.05) is 6.07 Å². The smallest absolute Gasteiger partial charge is 0.232 e. The van der Waals surface area contributed by atoms with Gasteiger partial charge < -0.3 is 5.73 Å². The van der Waals surface area contributed by atoms with Crippen LogP contribution in [0, 0.1) is 11.3 Å². The first-order valence-electron chi connectivity index (χ1n) is 4.67. The highest BCUT2D eigenvalue weighted by Crippen LogP contribution is 2.06. The average molecular weight is 253 g/mol. The molecule has 0 atom stereocenters. The third kappa shape index (κ3) is 4.63. The van der Waals surface area contributed by atoms with Crippen molar-refractivity contribution in [1.29, 1.82) is 5.26 Å². The number of carbonyl (C=O) groups excluding carboxylic acids is 1. The van der Waals surface area contributed by atoms with Crippen molar-refractivity contribution in [3.8, 4) is 6.07 Å². The monoisotopic (exact) mass is 253 g/mol. The Balaban J connectivity index is 2.70. The molecule has 90 valence electrons. The van der Waals surface area contributed by atoms with Crippen molar-refractivity contribution in [2.75, 3.05) is 6.54 Å². The van der Waals surface area contributed by atoms with E-state index < -0.39 is 22.5 Å². The summed E-state index contributed by atoms with van der Waals surface area (Å²) in [4.78, 5) is 10.4. The van der Waals surface area contributed by atoms with Crippen molar-refractivity contribution < 1.29 is 13.2 Å². The van der Waals surface area contributed by atoms with Crippen LogP contribution in [0.5, 0.6) is 0 Å². The van der Waals surface area contributed by atoms with Gasteiger partial charge in [-0.3, -0.25) is 4.79 Å². The van der Waals surface area contributed by atoms with Crippen LogP contribution in [-0.4, -0.2) is 20.9 Å². The van der Waals surface area contributed by atoms with Crippen LogP contribution in [-0.2, 0) is 20.6 Å². The van der Waals surface area contributed by atoms with Crippen LogP contribution in [0.2, 0.25) is 0 Å². The lowest BCUT2D eigenvalue weighted by Gasteiger charge is -2.04. The average Bonchev–Trinajstić information content (AvgIpc) is 2.27. The molecule has 1 aromatic rings. The fourth-order valence-electron chi connectivity index (χ4n) is 1.13. The molecular formula is C10H11N3O3S. The first kappa shape index (κ1) is 13.2. The largest absolute Gasteiger partial charge is 0.369 e. The topological polar surface area (TPSA) is 113 Å². The Bertz CT molecular complexity index is 543. The van der Waals surface area contributed by atoms with Gasteiger partial charge in [0.2, 0.25) is 15.9 Å². The van der Waals surface area contributed by atoms with Crippen molar-refractivity contribution >= 4 is 15.9 Å². The zero-order chi connectivity index (χ0) is 12.9. The summed E-state index contributed by atoms with van der Waals surface area (Å²) in [6.45, 7) is -0.418. The Hall–Kier alpha value is -1.91. The number of sulfonamides is 1.